The molecule has 2 N–H and O–H groups in total. The Morgan fingerprint density at radius 2 is 1.63 bits per heavy atom. The minimum Gasteiger partial charge on any atom is -0.478 e. The average Bonchev–Trinajstić information content (AvgIpc) is 3.08. The normalized spacial score (nSPS) is 11.3. The number of fused-ring (bicyclic) bond motifs is 3. The highest BCUT2D eigenvalue weighted by molar-refractivity contribution is 7.99. The van der Waals surface area contributed by atoms with Crippen LogP contribution in [0.3, 0.4) is 0 Å². The van der Waals surface area contributed by atoms with Gasteiger partial charge in [0.15, 0.2) is 0 Å². The predicted molar refractivity (Wildman–Crippen MR) is 115 cm³/mol. The van der Waals surface area contributed by atoms with Gasteiger partial charge in [0.25, 0.3) is 0 Å². The van der Waals surface area contributed by atoms with Gasteiger partial charge in [-0.1, -0.05) is 60.3 Å². The summed E-state index contributed by atoms with van der Waals surface area (Å²) in [6.07, 6.45) is 0. The van der Waals surface area contributed by atoms with Crippen LogP contribution in [0.15, 0.2) is 65.8 Å². The maximum absolute atomic E-state index is 12.3. The van der Waals surface area contributed by atoms with Crippen molar-refractivity contribution in [2.45, 2.75) is 5.16 Å². The summed E-state index contributed by atoms with van der Waals surface area (Å²) in [6.45, 7) is 0. The molecule has 0 aliphatic heterocycles. The Balaban J connectivity index is 1.36. The van der Waals surface area contributed by atoms with Crippen LogP contribution in [-0.2, 0) is 4.79 Å². The number of benzene rings is 3. The minimum absolute atomic E-state index is 0.0333. The van der Waals surface area contributed by atoms with Crippen molar-refractivity contribution in [1.29, 1.82) is 0 Å². The van der Waals surface area contributed by atoms with Gasteiger partial charge in [-0.3, -0.25) is 4.79 Å². The van der Waals surface area contributed by atoms with E-state index < -0.39 is 5.97 Å². The van der Waals surface area contributed by atoms with Crippen LogP contribution < -0.4 is 5.32 Å². The van der Waals surface area contributed by atoms with Gasteiger partial charge in [0.1, 0.15) is 11.4 Å². The summed E-state index contributed by atoms with van der Waals surface area (Å²) in [7, 11) is 0. The van der Waals surface area contributed by atoms with Gasteiger partial charge < -0.3 is 10.4 Å². The smallest absolute Gasteiger partial charge is 0.337 e. The van der Waals surface area contributed by atoms with Crippen LogP contribution in [0.25, 0.3) is 33.3 Å². The number of rotatable bonds is 5. The molecule has 1 amide bonds. The zero-order valence-corrected chi connectivity index (χ0v) is 16.3. The number of carboxylic acids is 1. The first-order chi connectivity index (χ1) is 14.6. The van der Waals surface area contributed by atoms with E-state index >= 15 is 0 Å². The quantitative estimate of drug-likeness (QED) is 0.417. The van der Waals surface area contributed by atoms with Gasteiger partial charge in [-0.2, -0.15) is 0 Å². The van der Waals surface area contributed by atoms with Gasteiger partial charge in [0.05, 0.1) is 17.0 Å². The van der Waals surface area contributed by atoms with Crippen molar-refractivity contribution in [2.75, 3.05) is 11.1 Å². The molecule has 4 aromatic rings. The first kappa shape index (κ1) is 18.3. The second kappa shape index (κ2) is 7.23. The van der Waals surface area contributed by atoms with Crippen LogP contribution in [-0.4, -0.2) is 37.9 Å². The number of anilines is 1. The van der Waals surface area contributed by atoms with Crippen molar-refractivity contribution in [3.63, 3.8) is 0 Å². The van der Waals surface area contributed by atoms with Crippen LogP contribution in [0.2, 0.25) is 0 Å². The Labute approximate surface area is 175 Å². The summed E-state index contributed by atoms with van der Waals surface area (Å²) >= 11 is 1.15. The molecule has 3 aromatic carbocycles. The van der Waals surface area contributed by atoms with Crippen LogP contribution in [0.4, 0.5) is 5.69 Å². The summed E-state index contributed by atoms with van der Waals surface area (Å²) in [6, 6.07) is 18.4. The van der Waals surface area contributed by atoms with Crippen LogP contribution in [0, 0.1) is 0 Å². The van der Waals surface area contributed by atoms with E-state index in [1.165, 1.54) is 6.07 Å². The van der Waals surface area contributed by atoms with Gasteiger partial charge in [0, 0.05) is 16.5 Å². The minimum atomic E-state index is -1.10. The van der Waals surface area contributed by atoms with E-state index in [0.29, 0.717) is 5.16 Å². The lowest BCUT2D eigenvalue weighted by atomic mass is 10.0. The molecular formula is C22H14N4O3S. The Bertz CT molecular complexity index is 1330. The zero-order chi connectivity index (χ0) is 20.7. The van der Waals surface area contributed by atoms with Crippen LogP contribution in [0.5, 0.6) is 0 Å². The van der Waals surface area contributed by atoms with E-state index in [0.717, 1.165) is 45.0 Å². The van der Waals surface area contributed by atoms with Crippen LogP contribution in [0.1, 0.15) is 10.4 Å². The van der Waals surface area contributed by atoms with E-state index in [4.69, 9.17) is 0 Å². The third-order valence-corrected chi connectivity index (χ3v) is 5.68. The largest absolute Gasteiger partial charge is 0.478 e. The van der Waals surface area contributed by atoms with Crippen molar-refractivity contribution >= 4 is 40.1 Å². The topological polar surface area (TPSA) is 105 Å². The van der Waals surface area contributed by atoms with E-state index in [2.05, 4.69) is 32.6 Å². The number of nitrogens with zero attached hydrogens (tertiary/aromatic N) is 3. The third kappa shape index (κ3) is 3.07. The summed E-state index contributed by atoms with van der Waals surface area (Å²) in [5.74, 6) is -1.41. The summed E-state index contributed by atoms with van der Waals surface area (Å²) in [4.78, 5) is 28.2. The molecule has 0 radical (unpaired) electrons. The van der Waals surface area contributed by atoms with Gasteiger partial charge in [0.2, 0.25) is 11.1 Å². The van der Waals surface area contributed by atoms with E-state index in [1.807, 2.05) is 24.3 Å². The van der Waals surface area contributed by atoms with Gasteiger partial charge in [-0.25, -0.2) is 9.78 Å². The Morgan fingerprint density at radius 3 is 2.40 bits per heavy atom. The number of hydrogen-bond acceptors (Lipinski definition) is 6. The molecular weight excluding hydrogens is 400 g/mol. The highest BCUT2D eigenvalue weighted by Gasteiger charge is 2.25. The standard InChI is InChI=1S/C22H14N4O3S/c27-17(23-16-10-2-1-7-13(16)21(28)29)11-30-22-24-19-14-8-3-5-12-6-4-9-15(18(12)14)20(19)25-26-22/h1-10H,11H2,(H,23,27)(H,28,29). The highest BCUT2D eigenvalue weighted by Crippen LogP contribution is 2.44. The lowest BCUT2D eigenvalue weighted by Gasteiger charge is -2.08. The molecule has 1 aliphatic carbocycles. The SMILES string of the molecule is O=C(CSc1nnc2c(n1)-c1cccc3cccc-2c13)Nc1ccccc1C(=O)O. The number of hydrogen-bond donors (Lipinski definition) is 2. The first-order valence-corrected chi connectivity index (χ1v) is 10.1. The molecule has 0 spiro atoms. The fourth-order valence-electron chi connectivity index (χ4n) is 3.57. The number of nitrogens with one attached hydrogen (secondary N) is 1. The molecule has 30 heavy (non-hydrogen) atoms. The Kier molecular flexibility index (Phi) is 4.40. The number of thioether (sulfide) groups is 1. The summed E-state index contributed by atoms with van der Waals surface area (Å²) in [5, 5.41) is 23.0. The lowest BCUT2D eigenvalue weighted by Crippen LogP contribution is -2.16. The van der Waals surface area contributed by atoms with Crippen molar-refractivity contribution in [2.24, 2.45) is 0 Å². The fourth-order valence-corrected chi connectivity index (χ4v) is 4.16. The molecule has 5 rings (SSSR count). The molecule has 8 heteroatoms. The number of aromatic carboxylic acids is 1. The van der Waals surface area contributed by atoms with Gasteiger partial charge >= 0.3 is 5.97 Å². The second-order valence-corrected chi connectivity index (χ2v) is 7.63. The van der Waals surface area contributed by atoms with Crippen molar-refractivity contribution < 1.29 is 14.7 Å². The molecule has 0 fully saturated rings. The first-order valence-electron chi connectivity index (χ1n) is 9.14. The van der Waals surface area contributed by atoms with E-state index in [9.17, 15) is 14.7 Å². The molecule has 0 atom stereocenters. The number of carbonyl (C=O) groups excluding carboxylic acids is 1. The highest BCUT2D eigenvalue weighted by atomic mass is 32.2. The van der Waals surface area contributed by atoms with Crippen LogP contribution >= 0.6 is 11.8 Å². The van der Waals surface area contributed by atoms with Crippen molar-refractivity contribution in [3.05, 3.63) is 66.2 Å². The van der Waals surface area contributed by atoms with E-state index in [-0.39, 0.29) is 22.9 Å². The monoisotopic (exact) mass is 414 g/mol. The summed E-state index contributed by atoms with van der Waals surface area (Å²) < 4.78 is 0. The molecule has 0 saturated carbocycles. The molecule has 1 aliphatic rings. The molecule has 0 saturated heterocycles. The Morgan fingerprint density at radius 1 is 0.900 bits per heavy atom. The summed E-state index contributed by atoms with van der Waals surface area (Å²) in [5.41, 5.74) is 3.82. The maximum Gasteiger partial charge on any atom is 0.337 e. The fraction of sp³-hybridized carbons (Fsp3) is 0.0455. The zero-order valence-electron chi connectivity index (χ0n) is 15.5. The molecule has 1 aromatic heterocycles. The molecule has 1 heterocycles. The van der Waals surface area contributed by atoms with Gasteiger partial charge in [-0.15, -0.1) is 10.2 Å². The third-order valence-electron chi connectivity index (χ3n) is 4.85. The number of carboxylic acid groups (broad SMARTS) is 1. The number of amides is 1. The molecule has 7 nitrogen and oxygen atoms in total. The number of carbonyl (C=O) groups is 2. The van der Waals surface area contributed by atoms with Crippen molar-refractivity contribution in [3.8, 4) is 22.5 Å². The number of aromatic nitrogens is 3. The van der Waals surface area contributed by atoms with E-state index in [1.54, 1.807) is 18.2 Å². The average molecular weight is 414 g/mol. The van der Waals surface area contributed by atoms with Crippen molar-refractivity contribution in [1.82, 2.24) is 15.2 Å². The lowest BCUT2D eigenvalue weighted by molar-refractivity contribution is -0.113. The molecule has 0 unspecified atom stereocenters. The van der Waals surface area contributed by atoms with Gasteiger partial charge in [-0.05, 0) is 17.5 Å². The second-order valence-electron chi connectivity index (χ2n) is 6.69. The number of para-hydroxylation sites is 1. The molecule has 146 valence electrons. The Hall–Kier alpha value is -3.78. The predicted octanol–water partition coefficient (Wildman–Crippen LogP) is 4.10. The molecule has 0 bridgehead atoms. The maximum atomic E-state index is 12.3.